The molecule has 0 saturated heterocycles. The van der Waals surface area contributed by atoms with Crippen molar-refractivity contribution in [2.24, 2.45) is 0 Å². The summed E-state index contributed by atoms with van der Waals surface area (Å²) in [4.78, 5) is 25.6. The molecule has 0 saturated carbocycles. The molecule has 0 aliphatic carbocycles. The molecule has 0 aromatic heterocycles. The second-order valence-electron chi connectivity index (χ2n) is 6.42. The molecule has 29 heavy (non-hydrogen) atoms. The van der Waals surface area contributed by atoms with Gasteiger partial charge >= 0.3 is 0 Å². The molecule has 1 unspecified atom stereocenters. The van der Waals surface area contributed by atoms with Gasteiger partial charge in [0.15, 0.2) is 0 Å². The lowest BCUT2D eigenvalue weighted by molar-refractivity contribution is -0.118. The van der Waals surface area contributed by atoms with Gasteiger partial charge in [-0.25, -0.2) is 4.39 Å². The van der Waals surface area contributed by atoms with E-state index in [1.54, 1.807) is 30.3 Å². The molecule has 2 amide bonds. The minimum atomic E-state index is -0.863. The molecule has 0 aliphatic heterocycles. The zero-order valence-electron chi connectivity index (χ0n) is 15.9. The van der Waals surface area contributed by atoms with E-state index in [1.165, 1.54) is 25.3 Å². The summed E-state index contributed by atoms with van der Waals surface area (Å²) in [5, 5.41) is 5.43. The van der Waals surface area contributed by atoms with Crippen LogP contribution in [0.25, 0.3) is 0 Å². The third kappa shape index (κ3) is 5.42. The third-order valence-electron chi connectivity index (χ3n) is 4.36. The van der Waals surface area contributed by atoms with E-state index in [1.807, 2.05) is 30.3 Å². The van der Waals surface area contributed by atoms with E-state index in [0.29, 0.717) is 11.3 Å². The molecule has 0 heterocycles. The summed E-state index contributed by atoms with van der Waals surface area (Å²) in [6.45, 7) is 0. The first kappa shape index (κ1) is 20.1. The van der Waals surface area contributed by atoms with E-state index in [-0.39, 0.29) is 18.0 Å². The number of benzene rings is 3. The van der Waals surface area contributed by atoms with Gasteiger partial charge in [0.1, 0.15) is 17.6 Å². The average Bonchev–Trinajstić information content (AvgIpc) is 2.74. The molecule has 0 aliphatic rings. The molecule has 0 bridgehead atoms. The maximum Gasteiger partial charge on any atom is 0.251 e. The number of carbonyl (C=O) groups is 2. The third-order valence-corrected chi connectivity index (χ3v) is 4.36. The number of halogens is 1. The fourth-order valence-corrected chi connectivity index (χ4v) is 2.89. The van der Waals surface area contributed by atoms with Gasteiger partial charge in [0.25, 0.3) is 5.91 Å². The van der Waals surface area contributed by atoms with Crippen molar-refractivity contribution in [3.8, 4) is 5.75 Å². The first-order valence-corrected chi connectivity index (χ1v) is 9.11. The number of amides is 2. The Labute approximate surface area is 168 Å². The van der Waals surface area contributed by atoms with Crippen LogP contribution in [0.2, 0.25) is 0 Å². The van der Waals surface area contributed by atoms with Crippen molar-refractivity contribution in [3.63, 3.8) is 0 Å². The van der Waals surface area contributed by atoms with E-state index < -0.39 is 17.8 Å². The number of rotatable bonds is 7. The van der Waals surface area contributed by atoms with E-state index in [4.69, 9.17) is 4.74 Å². The Kier molecular flexibility index (Phi) is 6.58. The fraction of sp³-hybridized carbons (Fsp3) is 0.130. The van der Waals surface area contributed by atoms with Crippen molar-refractivity contribution in [2.75, 3.05) is 12.4 Å². The highest BCUT2D eigenvalue weighted by atomic mass is 19.1. The second-order valence-corrected chi connectivity index (χ2v) is 6.42. The maximum absolute atomic E-state index is 13.6. The molecule has 2 N–H and O–H groups in total. The zero-order valence-corrected chi connectivity index (χ0v) is 15.9. The molecule has 6 heteroatoms. The Balaban J connectivity index is 1.83. The van der Waals surface area contributed by atoms with E-state index in [0.717, 1.165) is 5.56 Å². The first-order chi connectivity index (χ1) is 14.1. The molecule has 5 nitrogen and oxygen atoms in total. The van der Waals surface area contributed by atoms with Crippen LogP contribution in [-0.4, -0.2) is 25.0 Å². The Morgan fingerprint density at radius 2 is 1.62 bits per heavy atom. The van der Waals surface area contributed by atoms with E-state index in [9.17, 15) is 14.0 Å². The largest absolute Gasteiger partial charge is 0.495 e. The monoisotopic (exact) mass is 392 g/mol. The van der Waals surface area contributed by atoms with Crippen molar-refractivity contribution >= 4 is 17.5 Å². The SMILES string of the molecule is COc1ccc(F)cc1NC(=O)C(Cc1ccccc1)NC(=O)c1ccccc1. The Bertz CT molecular complexity index is 978. The number of hydrogen-bond donors (Lipinski definition) is 2. The van der Waals surface area contributed by atoms with Gasteiger partial charge in [-0.1, -0.05) is 48.5 Å². The smallest absolute Gasteiger partial charge is 0.251 e. The van der Waals surface area contributed by atoms with Crippen LogP contribution >= 0.6 is 0 Å². The van der Waals surface area contributed by atoms with Crippen molar-refractivity contribution in [2.45, 2.75) is 12.5 Å². The molecule has 0 radical (unpaired) electrons. The lowest BCUT2D eigenvalue weighted by Crippen LogP contribution is -2.45. The highest BCUT2D eigenvalue weighted by Gasteiger charge is 2.23. The number of methoxy groups -OCH3 is 1. The lowest BCUT2D eigenvalue weighted by Gasteiger charge is -2.20. The Morgan fingerprint density at radius 3 is 2.28 bits per heavy atom. The minimum Gasteiger partial charge on any atom is -0.495 e. The fourth-order valence-electron chi connectivity index (χ4n) is 2.89. The summed E-state index contributed by atoms with van der Waals surface area (Å²) < 4.78 is 18.8. The predicted molar refractivity (Wildman–Crippen MR) is 109 cm³/mol. The minimum absolute atomic E-state index is 0.199. The Morgan fingerprint density at radius 1 is 0.966 bits per heavy atom. The summed E-state index contributed by atoms with van der Waals surface area (Å²) in [5.41, 5.74) is 1.53. The van der Waals surface area contributed by atoms with Gasteiger partial charge in [0, 0.05) is 18.1 Å². The van der Waals surface area contributed by atoms with Gasteiger partial charge in [-0.05, 0) is 29.8 Å². The second kappa shape index (κ2) is 9.50. The highest BCUT2D eigenvalue weighted by Crippen LogP contribution is 2.25. The normalized spacial score (nSPS) is 11.4. The molecule has 3 aromatic rings. The van der Waals surface area contributed by atoms with Crippen LogP contribution in [0.15, 0.2) is 78.9 Å². The number of carbonyl (C=O) groups excluding carboxylic acids is 2. The van der Waals surface area contributed by atoms with E-state index >= 15 is 0 Å². The van der Waals surface area contributed by atoms with Crippen LogP contribution in [0, 0.1) is 5.82 Å². The van der Waals surface area contributed by atoms with Crippen LogP contribution in [0.1, 0.15) is 15.9 Å². The molecular weight excluding hydrogens is 371 g/mol. The van der Waals surface area contributed by atoms with Gasteiger partial charge in [-0.2, -0.15) is 0 Å². The molecule has 3 rings (SSSR count). The summed E-state index contributed by atoms with van der Waals surface area (Å²) in [6, 6.07) is 21.0. The van der Waals surface area contributed by atoms with Gasteiger partial charge in [0.2, 0.25) is 5.91 Å². The molecular formula is C23H21FN2O3. The molecule has 0 spiro atoms. The lowest BCUT2D eigenvalue weighted by atomic mass is 10.0. The molecule has 0 fully saturated rings. The van der Waals surface area contributed by atoms with Gasteiger partial charge < -0.3 is 15.4 Å². The zero-order chi connectivity index (χ0) is 20.6. The summed E-state index contributed by atoms with van der Waals surface area (Å²) in [7, 11) is 1.43. The first-order valence-electron chi connectivity index (χ1n) is 9.11. The topological polar surface area (TPSA) is 67.4 Å². The van der Waals surface area contributed by atoms with Crippen molar-refractivity contribution < 1.29 is 18.7 Å². The van der Waals surface area contributed by atoms with Crippen LogP contribution in [0.4, 0.5) is 10.1 Å². The predicted octanol–water partition coefficient (Wildman–Crippen LogP) is 3.81. The maximum atomic E-state index is 13.6. The van der Waals surface area contributed by atoms with Gasteiger partial charge in [-0.15, -0.1) is 0 Å². The number of hydrogen-bond acceptors (Lipinski definition) is 3. The number of nitrogens with one attached hydrogen (secondary N) is 2. The van der Waals surface area contributed by atoms with Crippen molar-refractivity contribution in [3.05, 3.63) is 95.8 Å². The molecule has 148 valence electrons. The van der Waals surface area contributed by atoms with Crippen LogP contribution in [0.3, 0.4) is 0 Å². The average molecular weight is 392 g/mol. The van der Waals surface area contributed by atoms with Crippen molar-refractivity contribution in [1.29, 1.82) is 0 Å². The van der Waals surface area contributed by atoms with Crippen molar-refractivity contribution in [1.82, 2.24) is 5.32 Å². The standard InChI is InChI=1S/C23H21FN2O3/c1-29-21-13-12-18(24)15-19(21)25-23(28)20(14-16-8-4-2-5-9-16)26-22(27)17-10-6-3-7-11-17/h2-13,15,20H,14H2,1H3,(H,25,28)(H,26,27). The van der Waals surface area contributed by atoms with Crippen LogP contribution in [0.5, 0.6) is 5.75 Å². The summed E-state index contributed by atoms with van der Waals surface area (Å²) >= 11 is 0. The Hall–Kier alpha value is -3.67. The van der Waals surface area contributed by atoms with Crippen LogP contribution in [-0.2, 0) is 11.2 Å². The van der Waals surface area contributed by atoms with E-state index in [2.05, 4.69) is 10.6 Å². The van der Waals surface area contributed by atoms with Gasteiger partial charge in [0.05, 0.1) is 12.8 Å². The van der Waals surface area contributed by atoms with Gasteiger partial charge in [-0.3, -0.25) is 9.59 Å². The number of ether oxygens (including phenoxy) is 1. The highest BCUT2D eigenvalue weighted by molar-refractivity contribution is 6.01. The quantitative estimate of drug-likeness (QED) is 0.642. The molecule has 3 aromatic carbocycles. The summed E-state index contributed by atoms with van der Waals surface area (Å²) in [5.74, 6) is -1.02. The summed E-state index contributed by atoms with van der Waals surface area (Å²) in [6.07, 6.45) is 0.281. The van der Waals surface area contributed by atoms with Crippen LogP contribution < -0.4 is 15.4 Å². The number of anilines is 1. The molecule has 1 atom stereocenters.